The van der Waals surface area contributed by atoms with E-state index in [4.69, 9.17) is 16.3 Å². The van der Waals surface area contributed by atoms with Crippen molar-refractivity contribution in [2.24, 2.45) is 0 Å². The van der Waals surface area contributed by atoms with Crippen LogP contribution in [0.1, 0.15) is 49.4 Å². The molecule has 0 fully saturated rings. The molecule has 4 nitrogen and oxygen atoms in total. The van der Waals surface area contributed by atoms with Crippen LogP contribution in [0, 0.1) is 6.92 Å². The summed E-state index contributed by atoms with van der Waals surface area (Å²) in [6.45, 7) is 8.25. The van der Waals surface area contributed by atoms with Gasteiger partial charge in [0.05, 0.1) is 13.2 Å². The van der Waals surface area contributed by atoms with Gasteiger partial charge >= 0.3 is 6.03 Å². The Bertz CT molecular complexity index is 742. The lowest BCUT2D eigenvalue weighted by atomic mass is 9.93. The second kappa shape index (κ2) is 8.26. The van der Waals surface area contributed by atoms with Crippen LogP contribution in [0.3, 0.4) is 0 Å². The van der Waals surface area contributed by atoms with E-state index in [9.17, 15) is 4.79 Å². The quantitative estimate of drug-likeness (QED) is 0.722. The highest BCUT2D eigenvalue weighted by molar-refractivity contribution is 6.30. The number of rotatable bonds is 5. The molecule has 1 atom stereocenters. The van der Waals surface area contributed by atoms with Crippen molar-refractivity contribution in [1.29, 1.82) is 0 Å². The average Bonchev–Trinajstić information content (AvgIpc) is 2.56. The molecule has 0 saturated heterocycles. The number of nitrogens with one attached hydrogen (secondary N) is 2. The summed E-state index contributed by atoms with van der Waals surface area (Å²) in [5.74, 6) is 1.22. The minimum atomic E-state index is -0.254. The average molecular weight is 361 g/mol. The predicted octanol–water partition coefficient (Wildman–Crippen LogP) is 5.66. The normalized spacial score (nSPS) is 12.0. The van der Waals surface area contributed by atoms with Gasteiger partial charge < -0.3 is 15.4 Å². The van der Waals surface area contributed by atoms with E-state index in [2.05, 4.69) is 30.5 Å². The fourth-order valence-electron chi connectivity index (χ4n) is 2.79. The fourth-order valence-corrected chi connectivity index (χ4v) is 2.91. The number of urea groups is 1. The smallest absolute Gasteiger partial charge is 0.319 e. The number of halogens is 1. The highest BCUT2D eigenvalue weighted by Crippen LogP contribution is 2.32. The summed E-state index contributed by atoms with van der Waals surface area (Å²) in [7, 11) is 1.68. The van der Waals surface area contributed by atoms with Crippen LogP contribution in [0.25, 0.3) is 0 Å². The van der Waals surface area contributed by atoms with E-state index in [0.29, 0.717) is 16.6 Å². The first-order valence-corrected chi connectivity index (χ1v) is 8.71. The Labute approximate surface area is 154 Å². The van der Waals surface area contributed by atoms with E-state index in [0.717, 1.165) is 22.4 Å². The molecule has 0 heterocycles. The second-order valence-electron chi connectivity index (χ2n) is 6.43. The first-order valence-electron chi connectivity index (χ1n) is 8.33. The van der Waals surface area contributed by atoms with Crippen LogP contribution in [0.5, 0.6) is 5.75 Å². The number of anilines is 1. The van der Waals surface area contributed by atoms with Crippen molar-refractivity contribution < 1.29 is 9.53 Å². The third-order valence-corrected chi connectivity index (χ3v) is 4.41. The number of hydrogen-bond acceptors (Lipinski definition) is 2. The lowest BCUT2D eigenvalue weighted by Gasteiger charge is -2.21. The Balaban J connectivity index is 2.14. The molecule has 2 aromatic rings. The standard InChI is InChI=1S/C20H25ClN2O2/c1-12(2)17-11-18(13(3)10-19(17)25-5)14(4)22-20(24)23-16-8-6-15(21)7-9-16/h6-12,14H,1-5H3,(H2,22,23,24)/t14-/m1/s1. The van der Waals surface area contributed by atoms with E-state index >= 15 is 0 Å². The molecule has 134 valence electrons. The number of carbonyl (C=O) groups excluding carboxylic acids is 1. The highest BCUT2D eigenvalue weighted by atomic mass is 35.5. The van der Waals surface area contributed by atoms with Gasteiger partial charge in [0, 0.05) is 10.7 Å². The number of aryl methyl sites for hydroxylation is 1. The highest BCUT2D eigenvalue weighted by Gasteiger charge is 2.16. The molecule has 0 spiro atoms. The van der Waals surface area contributed by atoms with Crippen molar-refractivity contribution in [1.82, 2.24) is 5.32 Å². The molecule has 0 radical (unpaired) electrons. The summed E-state index contributed by atoms with van der Waals surface area (Å²) in [5, 5.41) is 6.43. The molecule has 0 aliphatic rings. The Morgan fingerprint density at radius 1 is 1.08 bits per heavy atom. The van der Waals surface area contributed by atoms with Crippen molar-refractivity contribution in [2.45, 2.75) is 39.7 Å². The summed E-state index contributed by atoms with van der Waals surface area (Å²) >= 11 is 5.86. The SMILES string of the molecule is COc1cc(C)c([C@@H](C)NC(=O)Nc2ccc(Cl)cc2)cc1C(C)C. The van der Waals surface area contributed by atoms with E-state index in [1.54, 1.807) is 31.4 Å². The molecule has 0 unspecified atom stereocenters. The second-order valence-corrected chi connectivity index (χ2v) is 6.87. The molecule has 2 aromatic carbocycles. The van der Waals surface area contributed by atoms with Gasteiger partial charge in [-0.15, -0.1) is 0 Å². The molecule has 5 heteroatoms. The molecule has 2 rings (SSSR count). The van der Waals surface area contributed by atoms with Gasteiger partial charge in [0.2, 0.25) is 0 Å². The zero-order valence-corrected chi connectivity index (χ0v) is 16.1. The van der Waals surface area contributed by atoms with E-state index in [1.165, 1.54) is 0 Å². The third-order valence-electron chi connectivity index (χ3n) is 4.16. The minimum absolute atomic E-state index is 0.129. The Hall–Kier alpha value is -2.20. The zero-order valence-electron chi connectivity index (χ0n) is 15.3. The van der Waals surface area contributed by atoms with Crippen molar-refractivity contribution >= 4 is 23.3 Å². The molecule has 0 aliphatic carbocycles. The molecule has 25 heavy (non-hydrogen) atoms. The van der Waals surface area contributed by atoms with E-state index in [-0.39, 0.29) is 12.1 Å². The Morgan fingerprint density at radius 2 is 1.72 bits per heavy atom. The molecule has 2 amide bonds. The summed E-state index contributed by atoms with van der Waals surface area (Å²) in [6, 6.07) is 10.8. The molecular weight excluding hydrogens is 336 g/mol. The van der Waals surface area contributed by atoms with Gasteiger partial charge in [-0.25, -0.2) is 4.79 Å². The first-order chi connectivity index (χ1) is 11.8. The minimum Gasteiger partial charge on any atom is -0.496 e. The van der Waals surface area contributed by atoms with Gasteiger partial charge in [-0.2, -0.15) is 0 Å². The van der Waals surface area contributed by atoms with Gasteiger partial charge in [0.15, 0.2) is 0 Å². The van der Waals surface area contributed by atoms with E-state index in [1.807, 2.05) is 19.9 Å². The maximum atomic E-state index is 12.3. The zero-order chi connectivity index (χ0) is 18.6. The molecule has 0 saturated carbocycles. The largest absolute Gasteiger partial charge is 0.496 e. The molecule has 2 N–H and O–H groups in total. The lowest BCUT2D eigenvalue weighted by molar-refractivity contribution is 0.249. The van der Waals surface area contributed by atoms with Crippen LogP contribution >= 0.6 is 11.6 Å². The number of benzene rings is 2. The van der Waals surface area contributed by atoms with Crippen LogP contribution in [-0.4, -0.2) is 13.1 Å². The molecule has 0 aromatic heterocycles. The van der Waals surface area contributed by atoms with Crippen molar-refractivity contribution in [3.05, 3.63) is 58.1 Å². The van der Waals surface area contributed by atoms with Crippen molar-refractivity contribution in [3.8, 4) is 5.75 Å². The monoisotopic (exact) mass is 360 g/mol. The van der Waals surface area contributed by atoms with Crippen LogP contribution in [0.15, 0.2) is 36.4 Å². The number of ether oxygens (including phenoxy) is 1. The maximum Gasteiger partial charge on any atom is 0.319 e. The number of hydrogen-bond donors (Lipinski definition) is 2. The van der Waals surface area contributed by atoms with Gasteiger partial charge in [-0.05, 0) is 72.9 Å². The van der Waals surface area contributed by atoms with Crippen molar-refractivity contribution in [3.63, 3.8) is 0 Å². The van der Waals surface area contributed by atoms with Gasteiger partial charge in [-0.3, -0.25) is 0 Å². The van der Waals surface area contributed by atoms with Crippen molar-refractivity contribution in [2.75, 3.05) is 12.4 Å². The topological polar surface area (TPSA) is 50.4 Å². The van der Waals surface area contributed by atoms with Gasteiger partial charge in [0.1, 0.15) is 5.75 Å². The maximum absolute atomic E-state index is 12.3. The summed E-state index contributed by atoms with van der Waals surface area (Å²) in [5.41, 5.74) is 3.99. The summed E-state index contributed by atoms with van der Waals surface area (Å²) < 4.78 is 5.48. The summed E-state index contributed by atoms with van der Waals surface area (Å²) in [6.07, 6.45) is 0. The number of amides is 2. The van der Waals surface area contributed by atoms with E-state index < -0.39 is 0 Å². The van der Waals surface area contributed by atoms with Crippen LogP contribution in [0.4, 0.5) is 10.5 Å². The first kappa shape index (κ1) is 19.1. The van der Waals surface area contributed by atoms with Crippen LogP contribution in [-0.2, 0) is 0 Å². The van der Waals surface area contributed by atoms with Crippen LogP contribution < -0.4 is 15.4 Å². The third kappa shape index (κ3) is 4.89. The van der Waals surface area contributed by atoms with Crippen LogP contribution in [0.2, 0.25) is 5.02 Å². The Kier molecular flexibility index (Phi) is 6.32. The summed E-state index contributed by atoms with van der Waals surface area (Å²) in [4.78, 5) is 12.3. The lowest BCUT2D eigenvalue weighted by Crippen LogP contribution is -2.31. The van der Waals surface area contributed by atoms with Gasteiger partial charge in [-0.1, -0.05) is 25.4 Å². The van der Waals surface area contributed by atoms with Gasteiger partial charge in [0.25, 0.3) is 0 Å². The number of carbonyl (C=O) groups is 1. The number of methoxy groups -OCH3 is 1. The fraction of sp³-hybridized carbons (Fsp3) is 0.350. The molecule has 0 aliphatic heterocycles. The molecular formula is C20H25ClN2O2. The predicted molar refractivity (Wildman–Crippen MR) is 104 cm³/mol. The molecule has 0 bridgehead atoms. The Morgan fingerprint density at radius 3 is 2.28 bits per heavy atom.